The smallest absolute Gasteiger partial charge is 0.347 e. The van der Waals surface area contributed by atoms with Crippen LogP contribution in [0.5, 0.6) is 23.0 Å². The van der Waals surface area contributed by atoms with Gasteiger partial charge in [0.25, 0.3) is 15.3 Å². The van der Waals surface area contributed by atoms with E-state index in [0.717, 1.165) is 18.2 Å². The van der Waals surface area contributed by atoms with Crippen molar-refractivity contribution in [1.29, 1.82) is 0 Å². The first-order valence-corrected chi connectivity index (χ1v) is 18.7. The molecule has 0 aromatic heterocycles. The van der Waals surface area contributed by atoms with Crippen molar-refractivity contribution in [3.63, 3.8) is 0 Å². The Bertz CT molecular complexity index is 2450. The Morgan fingerprint density at radius 3 is 1.46 bits per heavy atom. The lowest BCUT2D eigenvalue weighted by Gasteiger charge is -2.14. The Kier molecular flexibility index (Phi) is 17.0. The maximum atomic E-state index is 13.5. The van der Waals surface area contributed by atoms with Crippen LogP contribution in [-0.2, 0) is 24.1 Å². The fourth-order valence-corrected chi connectivity index (χ4v) is 5.28. The van der Waals surface area contributed by atoms with E-state index < -0.39 is 82.1 Å². The van der Waals surface area contributed by atoms with Crippen molar-refractivity contribution in [3.8, 4) is 23.0 Å². The largest absolute Gasteiger partial charge is 0.426 e. The number of carbonyl (C=O) groups is 4. The van der Waals surface area contributed by atoms with Crippen LogP contribution in [0.3, 0.4) is 0 Å². The molecular weight excluding hydrogens is 877 g/mol. The van der Waals surface area contributed by atoms with Crippen LogP contribution in [0, 0.1) is 30.3 Å². The highest BCUT2D eigenvalue weighted by atomic mass is 32.1. The molecule has 4 rings (SSSR count). The Labute approximate surface area is 364 Å². The van der Waals surface area contributed by atoms with Crippen LogP contribution in [0.4, 0.5) is 11.4 Å². The molecule has 4 aromatic carbocycles. The number of benzene rings is 4. The summed E-state index contributed by atoms with van der Waals surface area (Å²) in [4.78, 5) is 98.6. The highest BCUT2D eigenvalue weighted by Gasteiger charge is 2.25. The summed E-state index contributed by atoms with van der Waals surface area (Å²) in [5, 5.41) is 37.0. The normalized spacial score (nSPS) is 11.6. The fraction of sp³-hybridized carbons (Fsp3) is 0.211. The molecule has 0 radical (unpaired) electrons. The van der Waals surface area contributed by atoms with E-state index >= 15 is 0 Å². The lowest BCUT2D eigenvalue weighted by molar-refractivity contribution is -0.789. The number of carbonyl (C=O) groups excluding carboxylic acids is 4. The molecule has 0 amide bonds. The van der Waals surface area contributed by atoms with Crippen LogP contribution in [0.25, 0.3) is 0 Å². The number of hydrogen-bond donors (Lipinski definition) is 1. The Balaban J connectivity index is 1.68. The zero-order chi connectivity index (χ0) is 46.2. The standard InChI is InChI=1S/C38H32N6O17S2/c1-3-26(60-43(51)52)18-34(45)58-32-14-8-24(16-30(32)38(48)57-28-12-6-23(7-13-28)36(39)63)40-41-25-9-15-33(59-35(46)19-29(61-44(53)54)20-55-42(49)50)31(17-25)37(47)56-27-10-4-22(5-11-27)21(2)62/h4-17,26,29H,3,18-20H2,1-2H3,(H2,39,63)/b41-40+. The molecule has 0 bridgehead atoms. The van der Waals surface area contributed by atoms with E-state index in [4.69, 9.17) is 49.1 Å². The second-order valence-electron chi connectivity index (χ2n) is 12.5. The zero-order valence-corrected chi connectivity index (χ0v) is 34.3. The molecule has 0 aliphatic rings. The average molecular weight is 909 g/mol. The summed E-state index contributed by atoms with van der Waals surface area (Å²) >= 11 is 10.1. The second kappa shape index (κ2) is 22.5. The SMILES string of the molecule is CCC(CC(=O)Oc1ccc(/N=N/c2ccc(OC(=O)CC(CO[N+](=O)[O-])O[N+](=O)[O-])c(C(=O)Oc3ccc(C(C)=S)cc3)c2)cc1C(=O)Oc1ccc(C(N)=S)cc1)O[N+](=O)[O-]. The van der Waals surface area contributed by atoms with Crippen molar-refractivity contribution in [2.75, 3.05) is 6.61 Å². The van der Waals surface area contributed by atoms with Gasteiger partial charge in [-0.05, 0) is 91.7 Å². The predicted molar refractivity (Wildman–Crippen MR) is 221 cm³/mol. The molecular formula is C38H32N6O17S2. The van der Waals surface area contributed by atoms with Crippen LogP contribution in [0.15, 0.2) is 95.2 Å². The molecule has 25 heteroatoms. The first-order valence-electron chi connectivity index (χ1n) is 17.9. The summed E-state index contributed by atoms with van der Waals surface area (Å²) in [6, 6.07) is 19.0. The van der Waals surface area contributed by atoms with Gasteiger partial charge in [0.15, 0.2) is 0 Å². The molecule has 63 heavy (non-hydrogen) atoms. The summed E-state index contributed by atoms with van der Waals surface area (Å²) in [5.41, 5.74) is 5.95. The molecule has 2 unspecified atom stereocenters. The number of nitrogens with zero attached hydrogens (tertiary/aromatic N) is 5. The van der Waals surface area contributed by atoms with E-state index in [9.17, 15) is 49.5 Å². The minimum atomic E-state index is -1.77. The third-order valence-electron chi connectivity index (χ3n) is 8.00. The van der Waals surface area contributed by atoms with Gasteiger partial charge in [-0.15, -0.1) is 30.3 Å². The first kappa shape index (κ1) is 47.6. The van der Waals surface area contributed by atoms with Gasteiger partial charge in [0.05, 0.1) is 24.2 Å². The quantitative estimate of drug-likeness (QED) is 0.0172. The van der Waals surface area contributed by atoms with Gasteiger partial charge in [-0.2, -0.15) is 10.2 Å². The molecule has 2 atom stereocenters. The van der Waals surface area contributed by atoms with Crippen LogP contribution >= 0.6 is 24.4 Å². The van der Waals surface area contributed by atoms with Gasteiger partial charge in [-0.1, -0.05) is 43.5 Å². The minimum absolute atomic E-state index is 0.0315. The molecule has 0 saturated carbocycles. The van der Waals surface area contributed by atoms with Crippen molar-refractivity contribution in [3.05, 3.63) is 138 Å². The number of rotatable bonds is 22. The van der Waals surface area contributed by atoms with E-state index in [2.05, 4.69) is 24.7 Å². The molecule has 0 aliphatic heterocycles. The van der Waals surface area contributed by atoms with Gasteiger partial charge in [-0.3, -0.25) is 9.59 Å². The monoisotopic (exact) mass is 908 g/mol. The maximum absolute atomic E-state index is 13.5. The summed E-state index contributed by atoms with van der Waals surface area (Å²) in [6.45, 7) is 2.24. The molecule has 0 saturated heterocycles. The van der Waals surface area contributed by atoms with Gasteiger partial charge >= 0.3 is 23.9 Å². The van der Waals surface area contributed by atoms with Crippen molar-refractivity contribution < 1.29 is 67.9 Å². The van der Waals surface area contributed by atoms with E-state index in [-0.39, 0.29) is 45.6 Å². The zero-order valence-electron chi connectivity index (χ0n) is 32.6. The van der Waals surface area contributed by atoms with Gasteiger partial charge in [0.1, 0.15) is 57.9 Å². The van der Waals surface area contributed by atoms with Gasteiger partial charge in [0.2, 0.25) is 0 Å². The number of hydrogen-bond acceptors (Lipinski definition) is 21. The third-order valence-corrected chi connectivity index (χ3v) is 8.47. The van der Waals surface area contributed by atoms with E-state index in [0.29, 0.717) is 16.0 Å². The summed E-state index contributed by atoms with van der Waals surface area (Å²) in [7, 11) is 0. The number of nitrogens with two attached hydrogens (primary N) is 1. The van der Waals surface area contributed by atoms with Crippen molar-refractivity contribution >= 4 is 69.5 Å². The van der Waals surface area contributed by atoms with Gasteiger partial charge in [0, 0.05) is 10.4 Å². The molecule has 2 N–H and O–H groups in total. The first-order chi connectivity index (χ1) is 29.9. The molecule has 4 aromatic rings. The van der Waals surface area contributed by atoms with E-state index in [1.165, 1.54) is 54.6 Å². The van der Waals surface area contributed by atoms with Gasteiger partial charge in [-0.25, -0.2) is 9.59 Å². The van der Waals surface area contributed by atoms with Crippen molar-refractivity contribution in [2.45, 2.75) is 45.3 Å². The summed E-state index contributed by atoms with van der Waals surface area (Å²) < 4.78 is 21.6. The summed E-state index contributed by atoms with van der Waals surface area (Å²) in [6.07, 6.45) is -4.32. The number of azo groups is 1. The van der Waals surface area contributed by atoms with Crippen LogP contribution in [-0.4, -0.2) is 67.8 Å². The van der Waals surface area contributed by atoms with Crippen LogP contribution in [0.2, 0.25) is 0 Å². The Hall–Kier alpha value is -8.06. The van der Waals surface area contributed by atoms with Gasteiger partial charge < -0.3 is 39.2 Å². The highest BCUT2D eigenvalue weighted by Crippen LogP contribution is 2.31. The molecule has 328 valence electrons. The maximum Gasteiger partial charge on any atom is 0.347 e. The molecule has 0 fully saturated rings. The fourth-order valence-electron chi connectivity index (χ4n) is 5.01. The number of thiocarbonyl (C=S) groups is 2. The predicted octanol–water partition coefficient (Wildman–Crippen LogP) is 6.28. The average Bonchev–Trinajstić information content (AvgIpc) is 3.22. The highest BCUT2D eigenvalue weighted by molar-refractivity contribution is 7.81. The van der Waals surface area contributed by atoms with Crippen LogP contribution < -0.4 is 24.7 Å². The van der Waals surface area contributed by atoms with Crippen molar-refractivity contribution in [1.82, 2.24) is 0 Å². The molecule has 23 nitrogen and oxygen atoms in total. The lowest BCUT2D eigenvalue weighted by atomic mass is 10.1. The van der Waals surface area contributed by atoms with E-state index in [1.807, 2.05) is 0 Å². The Morgan fingerprint density at radius 1 is 0.635 bits per heavy atom. The molecule has 0 aliphatic carbocycles. The second-order valence-corrected chi connectivity index (χ2v) is 13.5. The van der Waals surface area contributed by atoms with Crippen LogP contribution in [0.1, 0.15) is 65.0 Å². The van der Waals surface area contributed by atoms with Crippen molar-refractivity contribution in [2.24, 2.45) is 16.0 Å². The minimum Gasteiger partial charge on any atom is -0.426 e. The number of esters is 4. The molecule has 0 spiro atoms. The molecule has 0 heterocycles. The Morgan fingerprint density at radius 2 is 1.06 bits per heavy atom. The summed E-state index contributed by atoms with van der Waals surface area (Å²) in [5.74, 6) is -4.98. The van der Waals surface area contributed by atoms with E-state index in [1.54, 1.807) is 26.0 Å². The number of ether oxygens (including phenoxy) is 4. The lowest BCUT2D eigenvalue weighted by Crippen LogP contribution is -2.29. The third kappa shape index (κ3) is 15.2. The topological polar surface area (TPSA) is 313 Å².